The van der Waals surface area contributed by atoms with Gasteiger partial charge in [-0.2, -0.15) is 0 Å². The van der Waals surface area contributed by atoms with Gasteiger partial charge in [-0.1, -0.05) is 130 Å². The molecule has 5 aromatic rings. The van der Waals surface area contributed by atoms with Gasteiger partial charge in [-0.3, -0.25) is 0 Å². The summed E-state index contributed by atoms with van der Waals surface area (Å²) in [6.07, 6.45) is 10.0. The fourth-order valence-electron chi connectivity index (χ4n) is 13.1. The first-order valence-corrected chi connectivity index (χ1v) is 25.2. The Labute approximate surface area is 337 Å². The molecule has 11 rings (SSSR count). The maximum atomic E-state index is 2.91. The third-order valence-electron chi connectivity index (χ3n) is 16.6. The Bertz CT molecular complexity index is 2500. The number of fused-ring (bicyclic) bond motifs is 10. The van der Waals surface area contributed by atoms with E-state index in [-0.39, 0.29) is 28.6 Å². The zero-order valence-electron chi connectivity index (χ0n) is 35.2. The van der Waals surface area contributed by atoms with Gasteiger partial charge in [-0.25, -0.2) is 0 Å². The van der Waals surface area contributed by atoms with Crippen molar-refractivity contribution in [2.45, 2.75) is 134 Å². The van der Waals surface area contributed by atoms with Crippen molar-refractivity contribution in [1.29, 1.82) is 0 Å². The first-order valence-electron chi connectivity index (χ1n) is 21.7. The second-order valence-electron chi connectivity index (χ2n) is 20.6. The summed E-state index contributed by atoms with van der Waals surface area (Å²) in [4.78, 5) is 8.41. The molecular formula is C51H58BN3Si. The summed E-state index contributed by atoms with van der Waals surface area (Å²) in [7, 11) is -1.52. The van der Waals surface area contributed by atoms with Gasteiger partial charge in [0.2, 0.25) is 0 Å². The lowest BCUT2D eigenvalue weighted by molar-refractivity contribution is 0.194. The average Bonchev–Trinajstić information content (AvgIpc) is 3.52. The maximum Gasteiger partial charge on any atom is 0.252 e. The van der Waals surface area contributed by atoms with Gasteiger partial charge in [0.15, 0.2) is 0 Å². The fraction of sp³-hybridized carbons (Fsp3) is 0.412. The minimum Gasteiger partial charge on any atom is -0.335 e. The Morgan fingerprint density at radius 2 is 1.16 bits per heavy atom. The van der Waals surface area contributed by atoms with Crippen LogP contribution < -0.4 is 36.3 Å². The van der Waals surface area contributed by atoms with Gasteiger partial charge in [-0.15, -0.1) is 0 Å². The summed E-state index contributed by atoms with van der Waals surface area (Å²) in [5.74, 6) is 0. The minimum absolute atomic E-state index is 0.0129. The molecule has 3 nitrogen and oxygen atoms in total. The van der Waals surface area contributed by atoms with Crippen molar-refractivity contribution in [3.05, 3.63) is 113 Å². The Kier molecular flexibility index (Phi) is 7.03. The monoisotopic (exact) mass is 751 g/mol. The van der Waals surface area contributed by atoms with Crippen LogP contribution in [0.25, 0.3) is 0 Å². The molecule has 4 unspecified atom stereocenters. The maximum absolute atomic E-state index is 2.91. The molecular weight excluding hydrogens is 693 g/mol. The van der Waals surface area contributed by atoms with E-state index in [0.717, 1.165) is 0 Å². The number of para-hydroxylation sites is 1. The standard InChI is InChI=1S/C51H58BN3Si/c1-33-17-20-35(21-18-33)53-43-23-19-34(2)29-41(43)52-40-16-14-15-38-47(40)55(51(6)28-13-10-25-48(38,51)3)45-31-36(30-44(53)46(45)52)54-42-24-22-37(56(7,8)9)32-39(42)49(4)26-11-12-27-50(49,54)5/h14-24,29-32H,10-13,25-28H2,1-9H3. The summed E-state index contributed by atoms with van der Waals surface area (Å²) in [5.41, 5.74) is 19.9. The number of hydrogen-bond donors (Lipinski definition) is 0. The van der Waals surface area contributed by atoms with Crippen LogP contribution in [-0.4, -0.2) is 25.9 Å². The highest BCUT2D eigenvalue weighted by atomic mass is 28.3. The van der Waals surface area contributed by atoms with Crippen LogP contribution in [0.1, 0.15) is 101 Å². The first-order chi connectivity index (χ1) is 26.7. The fourth-order valence-corrected chi connectivity index (χ4v) is 14.3. The van der Waals surface area contributed by atoms with Crippen molar-refractivity contribution in [2.75, 3.05) is 14.7 Å². The lowest BCUT2D eigenvalue weighted by atomic mass is 9.33. The van der Waals surface area contributed by atoms with E-state index >= 15 is 0 Å². The third-order valence-corrected chi connectivity index (χ3v) is 18.7. The molecule has 5 heteroatoms. The van der Waals surface area contributed by atoms with E-state index in [1.807, 2.05) is 0 Å². The lowest BCUT2D eigenvalue weighted by Crippen LogP contribution is -2.64. The summed E-state index contributed by atoms with van der Waals surface area (Å²) in [5, 5.41) is 1.58. The van der Waals surface area contributed by atoms with Crippen LogP contribution >= 0.6 is 0 Å². The number of nitrogens with zero attached hydrogens (tertiary/aromatic N) is 3. The van der Waals surface area contributed by atoms with Gasteiger partial charge in [0.25, 0.3) is 6.71 Å². The van der Waals surface area contributed by atoms with Crippen LogP contribution in [0, 0.1) is 13.8 Å². The van der Waals surface area contributed by atoms with Crippen LogP contribution in [0.15, 0.2) is 91.0 Å². The lowest BCUT2D eigenvalue weighted by Gasteiger charge is -2.53. The summed E-state index contributed by atoms with van der Waals surface area (Å²) in [6, 6.07) is 36.9. The Balaban J connectivity index is 1.25. The predicted molar refractivity (Wildman–Crippen MR) is 244 cm³/mol. The second kappa shape index (κ2) is 11.2. The summed E-state index contributed by atoms with van der Waals surface area (Å²) in [6.45, 7) is 22.6. The average molecular weight is 752 g/mol. The van der Waals surface area contributed by atoms with E-state index < -0.39 is 8.07 Å². The van der Waals surface area contributed by atoms with E-state index in [1.54, 1.807) is 16.3 Å². The molecule has 0 spiro atoms. The molecule has 0 bridgehead atoms. The van der Waals surface area contributed by atoms with E-state index in [9.17, 15) is 0 Å². The van der Waals surface area contributed by atoms with Crippen molar-refractivity contribution in [3.8, 4) is 0 Å². The Hall–Kier alpha value is -4.22. The van der Waals surface area contributed by atoms with E-state index in [1.165, 1.54) is 119 Å². The summed E-state index contributed by atoms with van der Waals surface area (Å²) < 4.78 is 0. The van der Waals surface area contributed by atoms with Gasteiger partial charge >= 0.3 is 0 Å². The highest BCUT2D eigenvalue weighted by molar-refractivity contribution is 7.00. The molecule has 0 radical (unpaired) electrons. The van der Waals surface area contributed by atoms with E-state index in [4.69, 9.17) is 0 Å². The first kappa shape index (κ1) is 35.0. The second-order valence-corrected chi connectivity index (χ2v) is 25.7. The zero-order valence-corrected chi connectivity index (χ0v) is 36.2. The molecule has 2 fully saturated rings. The largest absolute Gasteiger partial charge is 0.335 e. The molecule has 0 amide bonds. The van der Waals surface area contributed by atoms with Crippen LogP contribution in [-0.2, 0) is 10.8 Å². The SMILES string of the molecule is Cc1ccc(N2c3ccc(C)cc3B3c4cccc5c4N(c4cc(N6c7ccc([Si](C)(C)C)cc7C7(C)CCCCC67C)cc2c43)C2(C)CCCCC52C)cc1. The van der Waals surface area contributed by atoms with Gasteiger partial charge in [0.05, 0.1) is 19.2 Å². The smallest absolute Gasteiger partial charge is 0.252 e. The van der Waals surface area contributed by atoms with Gasteiger partial charge in [0, 0.05) is 50.6 Å². The topological polar surface area (TPSA) is 9.72 Å². The van der Waals surface area contributed by atoms with Crippen molar-refractivity contribution < 1.29 is 0 Å². The zero-order chi connectivity index (χ0) is 38.7. The number of anilines is 7. The molecule has 5 aromatic carbocycles. The molecule has 0 aromatic heterocycles. The molecule has 4 heterocycles. The highest BCUT2D eigenvalue weighted by Gasteiger charge is 2.62. The predicted octanol–water partition coefficient (Wildman–Crippen LogP) is 10.9. The van der Waals surface area contributed by atoms with Crippen molar-refractivity contribution in [1.82, 2.24) is 0 Å². The van der Waals surface area contributed by atoms with Crippen molar-refractivity contribution in [2.24, 2.45) is 0 Å². The number of rotatable bonds is 3. The highest BCUT2D eigenvalue weighted by Crippen LogP contribution is 2.64. The van der Waals surface area contributed by atoms with Crippen molar-refractivity contribution >= 4 is 76.2 Å². The van der Waals surface area contributed by atoms with Crippen LogP contribution in [0.5, 0.6) is 0 Å². The number of hydrogen-bond acceptors (Lipinski definition) is 3. The minimum atomic E-state index is -1.52. The molecule has 6 aliphatic rings. The Morgan fingerprint density at radius 1 is 0.536 bits per heavy atom. The van der Waals surface area contributed by atoms with E-state index in [2.05, 4.69) is 167 Å². The number of aryl methyl sites for hydroxylation is 2. The Morgan fingerprint density at radius 3 is 1.88 bits per heavy atom. The van der Waals surface area contributed by atoms with Crippen molar-refractivity contribution in [3.63, 3.8) is 0 Å². The van der Waals surface area contributed by atoms with Crippen LogP contribution in [0.4, 0.5) is 39.8 Å². The summed E-state index contributed by atoms with van der Waals surface area (Å²) >= 11 is 0. The molecule has 4 aliphatic heterocycles. The molecule has 56 heavy (non-hydrogen) atoms. The molecule has 0 saturated heterocycles. The van der Waals surface area contributed by atoms with E-state index in [0.29, 0.717) is 0 Å². The number of benzene rings is 5. The van der Waals surface area contributed by atoms with Crippen LogP contribution in [0.3, 0.4) is 0 Å². The third kappa shape index (κ3) is 4.21. The van der Waals surface area contributed by atoms with Gasteiger partial charge < -0.3 is 14.7 Å². The normalized spacial score (nSPS) is 28.0. The van der Waals surface area contributed by atoms with Gasteiger partial charge in [-0.05, 0) is 117 Å². The molecule has 2 aliphatic carbocycles. The van der Waals surface area contributed by atoms with Crippen LogP contribution in [0.2, 0.25) is 19.6 Å². The molecule has 0 N–H and O–H groups in total. The molecule has 2 saturated carbocycles. The molecule has 4 atom stereocenters. The van der Waals surface area contributed by atoms with Gasteiger partial charge in [0.1, 0.15) is 0 Å². The molecule has 284 valence electrons. The quantitative estimate of drug-likeness (QED) is 0.167.